The lowest BCUT2D eigenvalue weighted by molar-refractivity contribution is -0.401. The Labute approximate surface area is 74.0 Å². The van der Waals surface area contributed by atoms with Crippen LogP contribution in [0.1, 0.15) is 11.5 Å². The summed E-state index contributed by atoms with van der Waals surface area (Å²) in [5.41, 5.74) is 0. The molecule has 5 heteroatoms. The normalized spacial score (nSPS) is 10.1. The lowest BCUT2D eigenvalue weighted by Gasteiger charge is -1.83. The van der Waals surface area contributed by atoms with Gasteiger partial charge in [-0.25, -0.2) is 0 Å². The van der Waals surface area contributed by atoms with Crippen molar-refractivity contribution in [3.63, 3.8) is 0 Å². The van der Waals surface area contributed by atoms with Gasteiger partial charge in [0.1, 0.15) is 11.5 Å². The van der Waals surface area contributed by atoms with Crippen LogP contribution in [-0.2, 0) is 6.42 Å². The first kappa shape index (κ1) is 9.00. The molecule has 0 saturated heterocycles. The van der Waals surface area contributed by atoms with E-state index in [2.05, 4.69) is 0 Å². The van der Waals surface area contributed by atoms with Crippen molar-refractivity contribution in [2.75, 3.05) is 0 Å². The van der Waals surface area contributed by atoms with Crippen molar-refractivity contribution in [3.05, 3.63) is 40.0 Å². The van der Waals surface area contributed by atoms with Crippen LogP contribution in [0.15, 0.2) is 22.7 Å². The van der Waals surface area contributed by atoms with Gasteiger partial charge in [-0.3, -0.25) is 10.1 Å². The van der Waals surface area contributed by atoms with Crippen LogP contribution in [0.4, 0.5) is 0 Å². The van der Waals surface area contributed by atoms with Gasteiger partial charge in [0.15, 0.2) is 0 Å². The van der Waals surface area contributed by atoms with Crippen LogP contribution in [-0.4, -0.2) is 4.92 Å². The quantitative estimate of drug-likeness (QED) is 0.520. The van der Waals surface area contributed by atoms with Crippen molar-refractivity contribution >= 4 is 6.08 Å². The molecule has 0 atom stereocenters. The summed E-state index contributed by atoms with van der Waals surface area (Å²) in [6.07, 6.45) is 2.20. The van der Waals surface area contributed by atoms with Crippen LogP contribution in [0, 0.1) is 21.4 Å². The van der Waals surface area contributed by atoms with E-state index < -0.39 is 4.92 Å². The predicted octanol–water partition coefficient (Wildman–Crippen LogP) is 1.59. The summed E-state index contributed by atoms with van der Waals surface area (Å²) in [7, 11) is 0. The maximum Gasteiger partial charge on any atom is 0.238 e. The Bertz CT molecular complexity index is 373. The average molecular weight is 178 g/mol. The first-order chi connectivity index (χ1) is 6.22. The van der Waals surface area contributed by atoms with Crippen molar-refractivity contribution in [1.82, 2.24) is 0 Å². The molecule has 66 valence electrons. The van der Waals surface area contributed by atoms with Crippen molar-refractivity contribution in [2.45, 2.75) is 6.42 Å². The zero-order valence-electron chi connectivity index (χ0n) is 6.64. The van der Waals surface area contributed by atoms with Crippen LogP contribution in [0.2, 0.25) is 0 Å². The summed E-state index contributed by atoms with van der Waals surface area (Å²) < 4.78 is 5.06. The van der Waals surface area contributed by atoms with Crippen LogP contribution in [0.5, 0.6) is 0 Å². The van der Waals surface area contributed by atoms with E-state index in [-0.39, 0.29) is 6.42 Å². The fraction of sp³-hybridized carbons (Fsp3) is 0.125. The van der Waals surface area contributed by atoms with Crippen LogP contribution in [0.25, 0.3) is 6.08 Å². The van der Waals surface area contributed by atoms with Gasteiger partial charge in [0.25, 0.3) is 0 Å². The molecule has 1 aromatic rings. The third kappa shape index (κ3) is 2.79. The van der Waals surface area contributed by atoms with Crippen LogP contribution >= 0.6 is 0 Å². The number of furan rings is 1. The first-order valence-corrected chi connectivity index (χ1v) is 3.50. The summed E-state index contributed by atoms with van der Waals surface area (Å²) >= 11 is 0. The van der Waals surface area contributed by atoms with E-state index in [1.807, 2.05) is 6.07 Å². The highest BCUT2D eigenvalue weighted by atomic mass is 16.6. The maximum absolute atomic E-state index is 9.93. The Hall–Kier alpha value is -2.09. The van der Waals surface area contributed by atoms with E-state index in [1.54, 1.807) is 12.1 Å². The number of hydrogen-bond donors (Lipinski definition) is 0. The molecule has 0 amide bonds. The SMILES string of the molecule is N#CCc1ccc(C=C[N+](=O)[O-])o1. The molecule has 0 aliphatic rings. The monoisotopic (exact) mass is 178 g/mol. The summed E-state index contributed by atoms with van der Waals surface area (Å²) in [6.45, 7) is 0. The summed E-state index contributed by atoms with van der Waals surface area (Å²) in [5, 5.41) is 18.2. The molecule has 1 rings (SSSR count). The van der Waals surface area contributed by atoms with E-state index in [4.69, 9.17) is 9.68 Å². The molecule has 0 bridgehead atoms. The van der Waals surface area contributed by atoms with Crippen molar-refractivity contribution in [3.8, 4) is 6.07 Å². The van der Waals surface area contributed by atoms with Crippen molar-refractivity contribution < 1.29 is 9.34 Å². The second kappa shape index (κ2) is 4.07. The molecule has 0 fully saturated rings. The van der Waals surface area contributed by atoms with Gasteiger partial charge in [0.2, 0.25) is 6.20 Å². The molecule has 0 saturated carbocycles. The van der Waals surface area contributed by atoms with Gasteiger partial charge in [-0.1, -0.05) is 0 Å². The minimum atomic E-state index is -0.577. The zero-order valence-corrected chi connectivity index (χ0v) is 6.64. The molecule has 0 radical (unpaired) electrons. The Morgan fingerprint density at radius 1 is 1.69 bits per heavy atom. The summed E-state index contributed by atoms with van der Waals surface area (Å²) in [4.78, 5) is 9.35. The van der Waals surface area contributed by atoms with Crippen molar-refractivity contribution in [2.24, 2.45) is 0 Å². The van der Waals surface area contributed by atoms with Gasteiger partial charge in [-0.2, -0.15) is 5.26 Å². The first-order valence-electron chi connectivity index (χ1n) is 3.50. The molecule has 13 heavy (non-hydrogen) atoms. The van der Waals surface area contributed by atoms with Crippen LogP contribution in [0.3, 0.4) is 0 Å². The second-order valence-corrected chi connectivity index (χ2v) is 2.24. The van der Waals surface area contributed by atoms with Crippen LogP contribution < -0.4 is 0 Å². The number of hydrogen-bond acceptors (Lipinski definition) is 4. The van der Waals surface area contributed by atoms with Gasteiger partial charge in [-0.05, 0) is 12.1 Å². The molecule has 5 nitrogen and oxygen atoms in total. The maximum atomic E-state index is 9.93. The van der Waals surface area contributed by atoms with Crippen molar-refractivity contribution in [1.29, 1.82) is 5.26 Å². The smallest absolute Gasteiger partial charge is 0.238 e. The molecule has 0 aliphatic carbocycles. The fourth-order valence-electron chi connectivity index (χ4n) is 0.791. The lowest BCUT2D eigenvalue weighted by atomic mass is 10.3. The second-order valence-electron chi connectivity index (χ2n) is 2.24. The Kier molecular flexibility index (Phi) is 2.82. The number of nitro groups is 1. The highest BCUT2D eigenvalue weighted by molar-refractivity contribution is 5.41. The van der Waals surface area contributed by atoms with E-state index in [1.165, 1.54) is 6.08 Å². The molecular weight excluding hydrogens is 172 g/mol. The third-order valence-electron chi connectivity index (χ3n) is 1.30. The van der Waals surface area contributed by atoms with Gasteiger partial charge in [-0.15, -0.1) is 0 Å². The predicted molar refractivity (Wildman–Crippen MR) is 44.1 cm³/mol. The zero-order chi connectivity index (χ0) is 9.68. The molecule has 0 unspecified atom stereocenters. The van der Waals surface area contributed by atoms with E-state index in [9.17, 15) is 10.1 Å². The van der Waals surface area contributed by atoms with Gasteiger partial charge < -0.3 is 4.42 Å². The molecular formula is C8H6N2O3. The Balaban J connectivity index is 2.70. The van der Waals surface area contributed by atoms with Gasteiger partial charge in [0.05, 0.1) is 23.5 Å². The molecule has 0 aromatic carbocycles. The van der Waals surface area contributed by atoms with Gasteiger partial charge in [0, 0.05) is 0 Å². The summed E-state index contributed by atoms with van der Waals surface area (Å²) in [6, 6.07) is 5.10. The minimum Gasteiger partial charge on any atom is -0.460 e. The number of rotatable bonds is 3. The molecule has 1 aromatic heterocycles. The standard InChI is InChI=1S/C8H6N2O3/c9-5-3-7-1-2-8(13-7)4-6-10(11)12/h1-2,4,6H,3H2. The largest absolute Gasteiger partial charge is 0.460 e. The Morgan fingerprint density at radius 3 is 3.08 bits per heavy atom. The molecule has 0 N–H and O–H groups in total. The molecule has 0 spiro atoms. The van der Waals surface area contributed by atoms with Gasteiger partial charge >= 0.3 is 0 Å². The molecule has 1 heterocycles. The minimum absolute atomic E-state index is 0.173. The fourth-order valence-corrected chi connectivity index (χ4v) is 0.791. The number of nitrogens with zero attached hydrogens (tertiary/aromatic N) is 2. The Morgan fingerprint density at radius 2 is 2.46 bits per heavy atom. The molecule has 0 aliphatic heterocycles. The highest BCUT2D eigenvalue weighted by Crippen LogP contribution is 2.09. The third-order valence-corrected chi connectivity index (χ3v) is 1.30. The van der Waals surface area contributed by atoms with E-state index in [0.29, 0.717) is 11.5 Å². The topological polar surface area (TPSA) is 80.1 Å². The van der Waals surface area contributed by atoms with E-state index in [0.717, 1.165) is 6.20 Å². The summed E-state index contributed by atoms with van der Waals surface area (Å²) in [5.74, 6) is 0.882. The van der Waals surface area contributed by atoms with E-state index >= 15 is 0 Å². The number of nitriles is 1. The lowest BCUT2D eigenvalue weighted by Crippen LogP contribution is -1.81. The highest BCUT2D eigenvalue weighted by Gasteiger charge is 1.98. The average Bonchev–Trinajstić information content (AvgIpc) is 2.50.